The molecule has 0 radical (unpaired) electrons. The van der Waals surface area contributed by atoms with E-state index in [1.165, 1.54) is 19.2 Å². The third kappa shape index (κ3) is 4.76. The van der Waals surface area contributed by atoms with Gasteiger partial charge in [-0.15, -0.1) is 0 Å². The van der Waals surface area contributed by atoms with E-state index in [9.17, 15) is 9.59 Å². The number of hydrogen-bond acceptors (Lipinski definition) is 4. The van der Waals surface area contributed by atoms with Crippen molar-refractivity contribution in [1.29, 1.82) is 0 Å². The molecule has 7 heteroatoms. The van der Waals surface area contributed by atoms with Crippen LogP contribution in [-0.2, 0) is 4.79 Å². The second-order valence-corrected chi connectivity index (χ2v) is 5.57. The van der Waals surface area contributed by atoms with Gasteiger partial charge in [0.05, 0.1) is 18.7 Å². The van der Waals surface area contributed by atoms with Crippen molar-refractivity contribution in [3.63, 3.8) is 0 Å². The van der Waals surface area contributed by atoms with Gasteiger partial charge < -0.3 is 20.5 Å². The van der Waals surface area contributed by atoms with Crippen LogP contribution in [0, 0.1) is 5.92 Å². The van der Waals surface area contributed by atoms with Gasteiger partial charge in [0.25, 0.3) is 5.91 Å². The van der Waals surface area contributed by atoms with Crippen LogP contribution < -0.4 is 20.5 Å². The van der Waals surface area contributed by atoms with Crippen LogP contribution in [0.4, 0.5) is 0 Å². The standard InChI is InChI=1S/C16H23ClN2O4/c1-5-9(3)13(15(18)20)19-16(21)10-7-11(17)14(23-6-2)12(8-10)22-4/h7-9,13H,5-6H2,1-4H3,(H2,18,20)(H,19,21). The normalized spacial score (nSPS) is 13.1. The number of ether oxygens (including phenoxy) is 2. The van der Waals surface area contributed by atoms with Crippen LogP contribution in [0.2, 0.25) is 5.02 Å². The first kappa shape index (κ1) is 19.1. The van der Waals surface area contributed by atoms with Crippen molar-refractivity contribution in [2.75, 3.05) is 13.7 Å². The molecule has 0 aliphatic heterocycles. The van der Waals surface area contributed by atoms with Gasteiger partial charge in [0.2, 0.25) is 5.91 Å². The SMILES string of the molecule is CCOc1c(Cl)cc(C(=O)NC(C(N)=O)C(C)CC)cc1OC. The molecule has 0 saturated heterocycles. The lowest BCUT2D eigenvalue weighted by Gasteiger charge is -2.21. The molecule has 0 aromatic heterocycles. The van der Waals surface area contributed by atoms with Crippen molar-refractivity contribution in [2.24, 2.45) is 11.7 Å². The Bertz CT molecular complexity index is 577. The molecule has 1 aromatic carbocycles. The summed E-state index contributed by atoms with van der Waals surface area (Å²) in [5.74, 6) is -0.365. The number of hydrogen-bond donors (Lipinski definition) is 2. The monoisotopic (exact) mass is 342 g/mol. The van der Waals surface area contributed by atoms with Crippen molar-refractivity contribution in [2.45, 2.75) is 33.2 Å². The largest absolute Gasteiger partial charge is 0.493 e. The maximum atomic E-state index is 12.4. The Morgan fingerprint density at radius 3 is 2.48 bits per heavy atom. The van der Waals surface area contributed by atoms with Crippen LogP contribution >= 0.6 is 11.6 Å². The molecule has 2 amide bonds. The topological polar surface area (TPSA) is 90.6 Å². The number of carbonyl (C=O) groups excluding carboxylic acids is 2. The molecule has 0 saturated carbocycles. The highest BCUT2D eigenvalue weighted by Crippen LogP contribution is 2.36. The van der Waals surface area contributed by atoms with Crippen molar-refractivity contribution >= 4 is 23.4 Å². The molecule has 2 atom stereocenters. The summed E-state index contributed by atoms with van der Waals surface area (Å²) >= 11 is 6.15. The molecule has 0 heterocycles. The summed E-state index contributed by atoms with van der Waals surface area (Å²) in [6.45, 7) is 6.00. The van der Waals surface area contributed by atoms with E-state index < -0.39 is 17.9 Å². The summed E-state index contributed by atoms with van der Waals surface area (Å²) < 4.78 is 10.6. The molecule has 0 aliphatic carbocycles. The molecule has 128 valence electrons. The number of benzene rings is 1. The molecular weight excluding hydrogens is 320 g/mol. The molecule has 1 rings (SSSR count). The van der Waals surface area contributed by atoms with E-state index in [-0.39, 0.29) is 16.5 Å². The summed E-state index contributed by atoms with van der Waals surface area (Å²) in [6, 6.07) is 2.24. The van der Waals surface area contributed by atoms with Crippen molar-refractivity contribution in [3.05, 3.63) is 22.7 Å². The highest BCUT2D eigenvalue weighted by atomic mass is 35.5. The third-order valence-electron chi connectivity index (χ3n) is 3.59. The maximum absolute atomic E-state index is 12.4. The minimum Gasteiger partial charge on any atom is -0.493 e. The van der Waals surface area contributed by atoms with Crippen molar-refractivity contribution in [1.82, 2.24) is 5.32 Å². The molecule has 6 nitrogen and oxygen atoms in total. The van der Waals surface area contributed by atoms with E-state index in [1.54, 1.807) is 0 Å². The highest BCUT2D eigenvalue weighted by Gasteiger charge is 2.25. The Kier molecular flexibility index (Phi) is 7.16. The average Bonchev–Trinajstić information content (AvgIpc) is 2.52. The fourth-order valence-corrected chi connectivity index (χ4v) is 2.35. The summed E-state index contributed by atoms with van der Waals surface area (Å²) in [5.41, 5.74) is 5.63. The second-order valence-electron chi connectivity index (χ2n) is 5.16. The molecule has 1 aromatic rings. The van der Waals surface area contributed by atoms with Gasteiger partial charge in [0.15, 0.2) is 11.5 Å². The maximum Gasteiger partial charge on any atom is 0.252 e. The van der Waals surface area contributed by atoms with E-state index in [0.29, 0.717) is 24.5 Å². The van der Waals surface area contributed by atoms with Gasteiger partial charge in [-0.2, -0.15) is 0 Å². The zero-order chi connectivity index (χ0) is 17.6. The van der Waals surface area contributed by atoms with Crippen molar-refractivity contribution < 1.29 is 19.1 Å². The Morgan fingerprint density at radius 1 is 1.35 bits per heavy atom. The summed E-state index contributed by atoms with van der Waals surface area (Å²) in [5, 5.41) is 2.90. The third-order valence-corrected chi connectivity index (χ3v) is 3.87. The Balaban J connectivity index is 3.08. The lowest BCUT2D eigenvalue weighted by Crippen LogP contribution is -2.48. The summed E-state index contributed by atoms with van der Waals surface area (Å²) in [4.78, 5) is 23.9. The molecule has 0 bridgehead atoms. The van der Waals surface area contributed by atoms with E-state index in [2.05, 4.69) is 5.32 Å². The fourth-order valence-electron chi connectivity index (χ4n) is 2.09. The number of nitrogens with one attached hydrogen (secondary N) is 1. The quantitative estimate of drug-likeness (QED) is 0.758. The zero-order valence-electron chi connectivity index (χ0n) is 13.8. The Morgan fingerprint density at radius 2 is 2.00 bits per heavy atom. The number of amides is 2. The Hall–Kier alpha value is -1.95. The smallest absolute Gasteiger partial charge is 0.252 e. The lowest BCUT2D eigenvalue weighted by atomic mass is 9.98. The van der Waals surface area contributed by atoms with E-state index in [1.807, 2.05) is 20.8 Å². The van der Waals surface area contributed by atoms with Crippen molar-refractivity contribution in [3.8, 4) is 11.5 Å². The van der Waals surface area contributed by atoms with E-state index in [4.69, 9.17) is 26.8 Å². The summed E-state index contributed by atoms with van der Waals surface area (Å²) in [7, 11) is 1.46. The molecule has 23 heavy (non-hydrogen) atoms. The van der Waals surface area contributed by atoms with Crippen LogP contribution in [0.3, 0.4) is 0 Å². The predicted octanol–water partition coefficient (Wildman–Crippen LogP) is 2.38. The van der Waals surface area contributed by atoms with E-state index >= 15 is 0 Å². The van der Waals surface area contributed by atoms with Gasteiger partial charge in [-0.25, -0.2) is 0 Å². The first-order chi connectivity index (χ1) is 10.8. The van der Waals surface area contributed by atoms with Gasteiger partial charge in [0.1, 0.15) is 6.04 Å². The van der Waals surface area contributed by atoms with Crippen LogP contribution in [0.15, 0.2) is 12.1 Å². The minimum atomic E-state index is -0.746. The van der Waals surface area contributed by atoms with Crippen LogP contribution in [0.1, 0.15) is 37.6 Å². The first-order valence-electron chi connectivity index (χ1n) is 7.46. The second kappa shape index (κ2) is 8.62. The molecule has 0 spiro atoms. The van der Waals surface area contributed by atoms with Gasteiger partial charge in [-0.3, -0.25) is 9.59 Å². The number of primary amides is 1. The van der Waals surface area contributed by atoms with Gasteiger partial charge in [0, 0.05) is 5.56 Å². The zero-order valence-corrected chi connectivity index (χ0v) is 14.6. The molecule has 0 fully saturated rings. The van der Waals surface area contributed by atoms with Crippen LogP contribution in [0.5, 0.6) is 11.5 Å². The molecule has 2 unspecified atom stereocenters. The van der Waals surface area contributed by atoms with Gasteiger partial charge in [-0.1, -0.05) is 31.9 Å². The molecule has 3 N–H and O–H groups in total. The molecular formula is C16H23ClN2O4. The van der Waals surface area contributed by atoms with Crippen LogP contribution in [0.25, 0.3) is 0 Å². The van der Waals surface area contributed by atoms with Crippen LogP contribution in [-0.4, -0.2) is 31.6 Å². The number of carbonyl (C=O) groups is 2. The number of halogens is 1. The predicted molar refractivity (Wildman–Crippen MR) is 89.1 cm³/mol. The Labute approximate surface area is 141 Å². The lowest BCUT2D eigenvalue weighted by molar-refractivity contribution is -0.120. The minimum absolute atomic E-state index is 0.0727. The molecule has 0 aliphatic rings. The first-order valence-corrected chi connectivity index (χ1v) is 7.83. The highest BCUT2D eigenvalue weighted by molar-refractivity contribution is 6.32. The average molecular weight is 343 g/mol. The summed E-state index contributed by atoms with van der Waals surface area (Å²) in [6.07, 6.45) is 0.710. The number of methoxy groups -OCH3 is 1. The number of nitrogens with two attached hydrogens (primary N) is 1. The van der Waals surface area contributed by atoms with Gasteiger partial charge in [-0.05, 0) is 25.0 Å². The fraction of sp³-hybridized carbons (Fsp3) is 0.500. The number of rotatable bonds is 8. The van der Waals surface area contributed by atoms with E-state index in [0.717, 1.165) is 0 Å². The van der Waals surface area contributed by atoms with Gasteiger partial charge >= 0.3 is 0 Å².